The molecule has 1 aliphatic rings. The number of thioether (sulfide) groups is 1. The summed E-state index contributed by atoms with van der Waals surface area (Å²) in [5.41, 5.74) is 5.97. The summed E-state index contributed by atoms with van der Waals surface area (Å²) in [4.78, 5) is 2.48. The third-order valence-electron chi connectivity index (χ3n) is 3.47. The lowest BCUT2D eigenvalue weighted by molar-refractivity contribution is 0.175. The lowest BCUT2D eigenvalue weighted by Crippen LogP contribution is -2.44. The van der Waals surface area contributed by atoms with Crippen LogP contribution in [0.3, 0.4) is 0 Å². The Morgan fingerprint density at radius 3 is 2.56 bits per heavy atom. The Morgan fingerprint density at radius 2 is 2.06 bits per heavy atom. The molecule has 0 aliphatic carbocycles. The van der Waals surface area contributed by atoms with Crippen molar-refractivity contribution >= 4 is 11.8 Å². The first-order valence-corrected chi connectivity index (χ1v) is 7.76. The fraction of sp³-hybridized carbons (Fsp3) is 0.714. The van der Waals surface area contributed by atoms with E-state index in [4.69, 9.17) is 10.2 Å². The van der Waals surface area contributed by atoms with E-state index < -0.39 is 0 Å². The van der Waals surface area contributed by atoms with E-state index in [9.17, 15) is 0 Å². The van der Waals surface area contributed by atoms with Crippen LogP contribution in [0.5, 0.6) is 0 Å². The minimum Gasteiger partial charge on any atom is -0.464 e. The van der Waals surface area contributed by atoms with Crippen molar-refractivity contribution in [3.05, 3.63) is 23.7 Å². The van der Waals surface area contributed by atoms with Crippen molar-refractivity contribution in [2.24, 2.45) is 5.73 Å². The van der Waals surface area contributed by atoms with E-state index in [1.54, 1.807) is 0 Å². The van der Waals surface area contributed by atoms with E-state index >= 15 is 0 Å². The number of rotatable bonds is 4. The molecule has 0 spiro atoms. The summed E-state index contributed by atoms with van der Waals surface area (Å²) in [5.74, 6) is 2.08. The number of nitrogens with zero attached hydrogens (tertiary/aromatic N) is 1. The van der Waals surface area contributed by atoms with E-state index in [2.05, 4.69) is 49.6 Å². The van der Waals surface area contributed by atoms with Crippen molar-refractivity contribution in [2.75, 3.05) is 19.6 Å². The second kappa shape index (κ2) is 6.13. The SMILES string of the molecule is CCc1ccc(C(CN)N2CC(C)SC(C)C2)o1. The van der Waals surface area contributed by atoms with Gasteiger partial charge in [-0.25, -0.2) is 0 Å². The standard InChI is InChI=1S/C14H24N2OS/c1-4-12-5-6-14(17-12)13(7-15)16-8-10(2)18-11(3)9-16/h5-6,10-11,13H,4,7-9,15H2,1-3H3. The van der Waals surface area contributed by atoms with Gasteiger partial charge in [0.15, 0.2) is 0 Å². The summed E-state index contributed by atoms with van der Waals surface area (Å²) < 4.78 is 5.88. The zero-order valence-corrected chi connectivity index (χ0v) is 12.4. The highest BCUT2D eigenvalue weighted by Crippen LogP contribution is 2.31. The number of nitrogens with two attached hydrogens (primary N) is 1. The topological polar surface area (TPSA) is 42.4 Å². The maximum Gasteiger partial charge on any atom is 0.122 e. The lowest BCUT2D eigenvalue weighted by Gasteiger charge is -2.38. The van der Waals surface area contributed by atoms with Gasteiger partial charge in [-0.05, 0) is 12.1 Å². The molecule has 0 bridgehead atoms. The molecule has 1 aromatic rings. The molecule has 0 aromatic carbocycles. The van der Waals surface area contributed by atoms with Gasteiger partial charge in [0.25, 0.3) is 0 Å². The van der Waals surface area contributed by atoms with Crippen molar-refractivity contribution in [1.82, 2.24) is 4.90 Å². The quantitative estimate of drug-likeness (QED) is 0.911. The first-order chi connectivity index (χ1) is 8.63. The molecule has 0 amide bonds. The van der Waals surface area contributed by atoms with E-state index in [0.717, 1.165) is 31.0 Å². The van der Waals surface area contributed by atoms with Crippen LogP contribution in [0.2, 0.25) is 0 Å². The molecule has 4 heteroatoms. The van der Waals surface area contributed by atoms with Gasteiger partial charge in [0.1, 0.15) is 11.5 Å². The maximum atomic E-state index is 5.97. The van der Waals surface area contributed by atoms with Crippen molar-refractivity contribution in [3.8, 4) is 0 Å². The highest BCUT2D eigenvalue weighted by Gasteiger charge is 2.29. The van der Waals surface area contributed by atoms with Gasteiger partial charge >= 0.3 is 0 Å². The van der Waals surface area contributed by atoms with Crippen LogP contribution in [0.25, 0.3) is 0 Å². The molecule has 1 fully saturated rings. The average molecular weight is 268 g/mol. The Hall–Kier alpha value is -0.450. The first kappa shape index (κ1) is 14.0. The monoisotopic (exact) mass is 268 g/mol. The highest BCUT2D eigenvalue weighted by atomic mass is 32.2. The van der Waals surface area contributed by atoms with Crippen LogP contribution in [0, 0.1) is 0 Å². The van der Waals surface area contributed by atoms with Gasteiger partial charge in [-0.3, -0.25) is 4.90 Å². The summed E-state index contributed by atoms with van der Waals surface area (Å²) in [6.07, 6.45) is 0.944. The molecule has 1 aliphatic heterocycles. The van der Waals surface area contributed by atoms with Crippen LogP contribution in [0.4, 0.5) is 0 Å². The summed E-state index contributed by atoms with van der Waals surface area (Å²) in [6.45, 7) is 9.52. The Bertz CT molecular complexity index is 370. The van der Waals surface area contributed by atoms with Gasteiger partial charge in [-0.15, -0.1) is 0 Å². The zero-order chi connectivity index (χ0) is 13.1. The van der Waals surface area contributed by atoms with Crippen LogP contribution in [-0.2, 0) is 6.42 Å². The number of hydrogen-bond acceptors (Lipinski definition) is 4. The van der Waals surface area contributed by atoms with E-state index in [1.165, 1.54) is 0 Å². The first-order valence-electron chi connectivity index (χ1n) is 6.82. The zero-order valence-electron chi connectivity index (χ0n) is 11.6. The van der Waals surface area contributed by atoms with Crippen LogP contribution >= 0.6 is 11.8 Å². The summed E-state index contributed by atoms with van der Waals surface area (Å²) in [5, 5.41) is 1.34. The lowest BCUT2D eigenvalue weighted by atomic mass is 10.1. The van der Waals surface area contributed by atoms with Gasteiger partial charge in [-0.2, -0.15) is 11.8 Å². The minimum atomic E-state index is 0.232. The number of aryl methyl sites for hydroxylation is 1. The number of hydrogen-bond donors (Lipinski definition) is 1. The normalized spacial score (nSPS) is 27.3. The third-order valence-corrected chi connectivity index (χ3v) is 4.70. The van der Waals surface area contributed by atoms with Crippen molar-refractivity contribution < 1.29 is 4.42 Å². The molecule has 0 radical (unpaired) electrons. The van der Waals surface area contributed by atoms with Crippen molar-refractivity contribution in [1.29, 1.82) is 0 Å². The number of furan rings is 1. The summed E-state index contributed by atoms with van der Waals surface area (Å²) >= 11 is 2.06. The molecule has 1 saturated heterocycles. The van der Waals surface area contributed by atoms with Gasteiger partial charge in [-0.1, -0.05) is 20.8 Å². The van der Waals surface area contributed by atoms with Gasteiger partial charge in [0, 0.05) is 36.6 Å². The largest absolute Gasteiger partial charge is 0.464 e. The van der Waals surface area contributed by atoms with Gasteiger partial charge < -0.3 is 10.2 Å². The van der Waals surface area contributed by atoms with E-state index in [1.807, 2.05) is 0 Å². The molecule has 2 heterocycles. The van der Waals surface area contributed by atoms with Crippen LogP contribution in [-0.4, -0.2) is 35.0 Å². The van der Waals surface area contributed by atoms with Gasteiger partial charge in [0.05, 0.1) is 6.04 Å². The molecule has 102 valence electrons. The molecular weight excluding hydrogens is 244 g/mol. The predicted octanol–water partition coefficient (Wildman–Crippen LogP) is 2.67. The molecule has 0 saturated carbocycles. The van der Waals surface area contributed by atoms with Gasteiger partial charge in [0.2, 0.25) is 0 Å². The maximum absolute atomic E-state index is 5.97. The molecule has 18 heavy (non-hydrogen) atoms. The Morgan fingerprint density at radius 1 is 1.39 bits per heavy atom. The fourth-order valence-corrected chi connectivity index (χ4v) is 4.03. The Labute approximate surface area is 114 Å². The molecule has 3 unspecified atom stereocenters. The average Bonchev–Trinajstić information content (AvgIpc) is 2.77. The van der Waals surface area contributed by atoms with Crippen LogP contribution in [0.1, 0.15) is 38.3 Å². The van der Waals surface area contributed by atoms with Crippen molar-refractivity contribution in [2.45, 2.75) is 43.7 Å². The molecule has 3 nitrogen and oxygen atoms in total. The highest BCUT2D eigenvalue weighted by molar-refractivity contribution is 8.00. The Kier molecular flexibility index (Phi) is 4.76. The summed E-state index contributed by atoms with van der Waals surface area (Å²) in [6, 6.07) is 4.40. The fourth-order valence-electron chi connectivity index (χ4n) is 2.68. The van der Waals surface area contributed by atoms with E-state index in [0.29, 0.717) is 17.0 Å². The second-order valence-corrected chi connectivity index (χ2v) is 7.00. The minimum absolute atomic E-state index is 0.232. The van der Waals surface area contributed by atoms with Crippen molar-refractivity contribution in [3.63, 3.8) is 0 Å². The third kappa shape index (κ3) is 3.11. The smallest absolute Gasteiger partial charge is 0.122 e. The molecule has 3 atom stereocenters. The van der Waals surface area contributed by atoms with Crippen LogP contribution < -0.4 is 5.73 Å². The van der Waals surface area contributed by atoms with Crippen LogP contribution in [0.15, 0.2) is 16.5 Å². The Balaban J connectivity index is 2.12. The molecular formula is C14H24N2OS. The van der Waals surface area contributed by atoms with E-state index in [-0.39, 0.29) is 6.04 Å². The molecule has 2 rings (SSSR count). The molecule has 1 aromatic heterocycles. The predicted molar refractivity (Wildman–Crippen MR) is 78.0 cm³/mol. The molecule has 2 N–H and O–H groups in total. The second-order valence-electron chi connectivity index (χ2n) is 5.12. The summed E-state index contributed by atoms with van der Waals surface area (Å²) in [7, 11) is 0.